The van der Waals surface area contributed by atoms with Gasteiger partial charge in [0.25, 0.3) is 0 Å². The summed E-state index contributed by atoms with van der Waals surface area (Å²) in [5.41, 5.74) is 1.48. The highest BCUT2D eigenvalue weighted by atomic mass is 35.5. The van der Waals surface area contributed by atoms with Gasteiger partial charge in [0.15, 0.2) is 5.78 Å². The van der Waals surface area contributed by atoms with Crippen LogP contribution in [0, 0.1) is 5.82 Å². The van der Waals surface area contributed by atoms with Crippen molar-refractivity contribution in [1.29, 1.82) is 0 Å². The fraction of sp³-hybridized carbons (Fsp3) is 0.412. The second-order valence-corrected chi connectivity index (χ2v) is 6.49. The van der Waals surface area contributed by atoms with Gasteiger partial charge in [0.1, 0.15) is 5.82 Å². The van der Waals surface area contributed by atoms with Crippen LogP contribution in [0.15, 0.2) is 29.5 Å². The molecule has 0 N–H and O–H groups in total. The van der Waals surface area contributed by atoms with Crippen molar-refractivity contribution in [3.8, 4) is 0 Å². The van der Waals surface area contributed by atoms with Gasteiger partial charge in [-0.05, 0) is 25.0 Å². The molecule has 1 aliphatic carbocycles. The number of halogens is 2. The Kier molecular flexibility index (Phi) is 4.25. The molecule has 1 atom stereocenters. The second-order valence-electron chi connectivity index (χ2n) is 6.08. The van der Waals surface area contributed by atoms with Crippen LogP contribution in [0.4, 0.5) is 4.39 Å². The van der Waals surface area contributed by atoms with Crippen LogP contribution in [0.2, 0.25) is 5.02 Å². The Balaban J connectivity index is 2.20. The number of carbonyl (C=O) groups is 2. The van der Waals surface area contributed by atoms with E-state index in [1.807, 2.05) is 0 Å². The summed E-state index contributed by atoms with van der Waals surface area (Å²) in [6.07, 6.45) is 1.81. The Labute approximate surface area is 139 Å². The SMILES string of the molecule is CN(C)N1C(=O)C[C@@H](c2c(F)cccc2Cl)C2=C1CCCC2=O. The van der Waals surface area contributed by atoms with Crippen molar-refractivity contribution in [3.05, 3.63) is 45.9 Å². The van der Waals surface area contributed by atoms with Gasteiger partial charge in [-0.1, -0.05) is 17.7 Å². The third-order valence-electron chi connectivity index (χ3n) is 4.40. The van der Waals surface area contributed by atoms with E-state index in [1.54, 1.807) is 25.2 Å². The minimum Gasteiger partial charge on any atom is -0.294 e. The molecule has 3 rings (SSSR count). The number of amides is 1. The quantitative estimate of drug-likeness (QED) is 0.832. The summed E-state index contributed by atoms with van der Waals surface area (Å²) in [6, 6.07) is 4.43. The number of allylic oxidation sites excluding steroid dienone is 2. The lowest BCUT2D eigenvalue weighted by Crippen LogP contribution is -2.47. The Morgan fingerprint density at radius 3 is 2.65 bits per heavy atom. The zero-order valence-corrected chi connectivity index (χ0v) is 13.9. The normalized spacial score (nSPS) is 22.0. The molecule has 1 heterocycles. The van der Waals surface area contributed by atoms with Crippen LogP contribution < -0.4 is 0 Å². The van der Waals surface area contributed by atoms with Gasteiger partial charge in [-0.2, -0.15) is 0 Å². The number of hydrazine groups is 1. The first-order valence-corrected chi connectivity index (χ1v) is 8.00. The number of carbonyl (C=O) groups excluding carboxylic acids is 2. The molecule has 0 radical (unpaired) electrons. The largest absolute Gasteiger partial charge is 0.294 e. The zero-order valence-electron chi connectivity index (χ0n) is 13.1. The van der Waals surface area contributed by atoms with E-state index in [4.69, 9.17) is 11.6 Å². The lowest BCUT2D eigenvalue weighted by atomic mass is 9.77. The molecule has 1 aromatic carbocycles. The van der Waals surface area contributed by atoms with Crippen molar-refractivity contribution in [1.82, 2.24) is 10.0 Å². The van der Waals surface area contributed by atoms with Crippen molar-refractivity contribution < 1.29 is 14.0 Å². The van der Waals surface area contributed by atoms with E-state index >= 15 is 0 Å². The van der Waals surface area contributed by atoms with Gasteiger partial charge in [-0.15, -0.1) is 0 Å². The second kappa shape index (κ2) is 6.06. The van der Waals surface area contributed by atoms with E-state index in [0.29, 0.717) is 30.5 Å². The van der Waals surface area contributed by atoms with Crippen molar-refractivity contribution in [2.45, 2.75) is 31.6 Å². The van der Waals surface area contributed by atoms with Gasteiger partial charge < -0.3 is 0 Å². The maximum absolute atomic E-state index is 14.3. The first-order chi connectivity index (χ1) is 10.9. The number of benzene rings is 1. The monoisotopic (exact) mass is 336 g/mol. The predicted molar refractivity (Wildman–Crippen MR) is 85.2 cm³/mol. The van der Waals surface area contributed by atoms with Gasteiger partial charge in [-0.3, -0.25) is 9.59 Å². The number of ketones is 1. The first-order valence-electron chi connectivity index (χ1n) is 7.62. The Bertz CT molecular complexity index is 694. The molecule has 6 heteroatoms. The third-order valence-corrected chi connectivity index (χ3v) is 4.73. The fourth-order valence-electron chi connectivity index (χ4n) is 3.53. The van der Waals surface area contributed by atoms with Crippen LogP contribution in [0.25, 0.3) is 0 Å². The highest BCUT2D eigenvalue weighted by molar-refractivity contribution is 6.31. The summed E-state index contributed by atoms with van der Waals surface area (Å²) < 4.78 is 14.3. The Morgan fingerprint density at radius 2 is 2.00 bits per heavy atom. The van der Waals surface area contributed by atoms with Crippen molar-refractivity contribution in [3.63, 3.8) is 0 Å². The number of Topliss-reactive ketones (excluding diaryl/α,β-unsaturated/α-hetero) is 1. The molecule has 0 spiro atoms. The molecule has 2 aliphatic rings. The molecular weight excluding hydrogens is 319 g/mol. The number of nitrogens with zero attached hydrogens (tertiary/aromatic N) is 2. The van der Waals surface area contributed by atoms with Crippen LogP contribution in [-0.4, -0.2) is 35.8 Å². The molecule has 23 heavy (non-hydrogen) atoms. The molecule has 0 saturated heterocycles. The molecular formula is C17H18ClFN2O2. The molecule has 1 aromatic rings. The minimum atomic E-state index is -0.602. The van der Waals surface area contributed by atoms with Crippen molar-refractivity contribution in [2.24, 2.45) is 0 Å². The average molecular weight is 337 g/mol. The predicted octanol–water partition coefficient (Wildman–Crippen LogP) is 3.28. The van der Waals surface area contributed by atoms with E-state index in [9.17, 15) is 14.0 Å². The molecule has 0 unspecified atom stereocenters. The lowest BCUT2D eigenvalue weighted by molar-refractivity contribution is -0.143. The van der Waals surface area contributed by atoms with Crippen LogP contribution >= 0.6 is 11.6 Å². The molecule has 4 nitrogen and oxygen atoms in total. The summed E-state index contributed by atoms with van der Waals surface area (Å²) in [4.78, 5) is 25.1. The number of hydrogen-bond acceptors (Lipinski definition) is 3. The number of hydrogen-bond donors (Lipinski definition) is 0. The minimum absolute atomic E-state index is 0.0186. The third kappa shape index (κ3) is 2.68. The highest BCUT2D eigenvalue weighted by Crippen LogP contribution is 2.44. The highest BCUT2D eigenvalue weighted by Gasteiger charge is 2.41. The van der Waals surface area contributed by atoms with Gasteiger partial charge in [0, 0.05) is 54.7 Å². The maximum Gasteiger partial charge on any atom is 0.242 e. The van der Waals surface area contributed by atoms with E-state index in [2.05, 4.69) is 0 Å². The van der Waals surface area contributed by atoms with Crippen LogP contribution in [0.1, 0.15) is 37.2 Å². The van der Waals surface area contributed by atoms with E-state index < -0.39 is 11.7 Å². The standard InChI is InChI=1S/C17H18ClFN2O2/c1-20(2)21-13-7-4-8-14(22)17(13)10(9-15(21)23)16-11(18)5-3-6-12(16)19/h3,5-6,10H,4,7-9H2,1-2H3/t10-/m0/s1. The maximum atomic E-state index is 14.3. The molecule has 122 valence electrons. The van der Waals surface area contributed by atoms with Gasteiger partial charge in [0.05, 0.1) is 0 Å². The Morgan fingerprint density at radius 1 is 1.26 bits per heavy atom. The molecule has 1 aliphatic heterocycles. The summed E-state index contributed by atoms with van der Waals surface area (Å²) in [5.74, 6) is -1.24. The van der Waals surface area contributed by atoms with Crippen LogP contribution in [0.3, 0.4) is 0 Å². The summed E-state index contributed by atoms with van der Waals surface area (Å²) in [7, 11) is 3.52. The Hall–Kier alpha value is -1.72. The fourth-order valence-corrected chi connectivity index (χ4v) is 3.82. The van der Waals surface area contributed by atoms with Crippen LogP contribution in [-0.2, 0) is 9.59 Å². The summed E-state index contributed by atoms with van der Waals surface area (Å²) in [6.45, 7) is 0. The van der Waals surface area contributed by atoms with Gasteiger partial charge >= 0.3 is 0 Å². The first kappa shape index (κ1) is 16.1. The van der Waals surface area contributed by atoms with Crippen LogP contribution in [0.5, 0.6) is 0 Å². The van der Waals surface area contributed by atoms with Crippen molar-refractivity contribution >= 4 is 23.3 Å². The lowest BCUT2D eigenvalue weighted by Gasteiger charge is -2.41. The molecule has 1 amide bonds. The molecule has 0 fully saturated rings. The zero-order chi connectivity index (χ0) is 16.7. The topological polar surface area (TPSA) is 40.6 Å². The van der Waals surface area contributed by atoms with E-state index in [1.165, 1.54) is 17.1 Å². The van der Waals surface area contributed by atoms with E-state index in [-0.39, 0.29) is 28.7 Å². The molecule has 0 saturated carbocycles. The molecule has 0 bridgehead atoms. The summed E-state index contributed by atoms with van der Waals surface area (Å²) >= 11 is 6.18. The van der Waals surface area contributed by atoms with Gasteiger partial charge in [-0.25, -0.2) is 14.4 Å². The van der Waals surface area contributed by atoms with E-state index in [0.717, 1.165) is 0 Å². The average Bonchev–Trinajstić information content (AvgIpc) is 2.46. The summed E-state index contributed by atoms with van der Waals surface area (Å²) in [5, 5.41) is 3.47. The van der Waals surface area contributed by atoms with Crippen molar-refractivity contribution in [2.75, 3.05) is 14.1 Å². The molecule has 0 aromatic heterocycles. The van der Waals surface area contributed by atoms with Gasteiger partial charge in [0.2, 0.25) is 5.91 Å². The smallest absolute Gasteiger partial charge is 0.242 e. The number of rotatable bonds is 2.